The van der Waals surface area contributed by atoms with Crippen LogP contribution in [0.2, 0.25) is 0 Å². The van der Waals surface area contributed by atoms with Crippen molar-refractivity contribution >= 4 is 0 Å². The number of pyridine rings is 1. The molecule has 0 aliphatic heterocycles. The second kappa shape index (κ2) is 8.51. The van der Waals surface area contributed by atoms with Gasteiger partial charge in [0, 0.05) is 51.0 Å². The second-order valence-corrected chi connectivity index (χ2v) is 5.08. The normalized spacial score (nSPS) is 12.7. The van der Waals surface area contributed by atoms with E-state index in [0.29, 0.717) is 6.54 Å². The highest BCUT2D eigenvalue weighted by Crippen LogP contribution is 2.06. The molecule has 6 nitrogen and oxygen atoms in total. The molecule has 2 heterocycles. The number of nitrogens with zero attached hydrogens (tertiary/aromatic N) is 4. The first kappa shape index (κ1) is 15.6. The lowest BCUT2D eigenvalue weighted by atomic mass is 10.2. The average molecular weight is 290 g/mol. The van der Waals surface area contributed by atoms with Crippen molar-refractivity contribution in [2.24, 2.45) is 0 Å². The number of aromatic nitrogens is 3. The van der Waals surface area contributed by atoms with E-state index in [2.05, 4.69) is 14.9 Å². The van der Waals surface area contributed by atoms with Crippen LogP contribution < -0.4 is 0 Å². The van der Waals surface area contributed by atoms with Crippen molar-refractivity contribution in [1.82, 2.24) is 19.4 Å². The third-order valence-corrected chi connectivity index (χ3v) is 3.29. The molecule has 2 N–H and O–H groups in total. The molecular formula is C15H22N4O2. The summed E-state index contributed by atoms with van der Waals surface area (Å²) in [7, 11) is 0. The highest BCUT2D eigenvalue weighted by Gasteiger charge is 2.11. The minimum Gasteiger partial charge on any atom is -0.394 e. The summed E-state index contributed by atoms with van der Waals surface area (Å²) in [6.07, 6.45) is 9.29. The maximum atomic E-state index is 9.67. The van der Waals surface area contributed by atoms with Crippen molar-refractivity contribution in [3.05, 3.63) is 48.8 Å². The number of hydrogen-bond donors (Lipinski definition) is 2. The van der Waals surface area contributed by atoms with E-state index in [0.717, 1.165) is 31.6 Å². The van der Waals surface area contributed by atoms with Gasteiger partial charge < -0.3 is 14.8 Å². The quantitative estimate of drug-likeness (QED) is 0.704. The van der Waals surface area contributed by atoms with Crippen LogP contribution in [0.25, 0.3) is 0 Å². The van der Waals surface area contributed by atoms with Gasteiger partial charge in [0.2, 0.25) is 0 Å². The molecule has 0 aliphatic carbocycles. The van der Waals surface area contributed by atoms with E-state index >= 15 is 0 Å². The molecule has 0 saturated heterocycles. The summed E-state index contributed by atoms with van der Waals surface area (Å²) in [5, 5.41) is 18.7. The standard InChI is InChI=1S/C15H22N4O2/c20-12-15(21)11-19(10-14-2-4-16-5-3-14)8-1-7-18-9-6-17-13-18/h2-6,9,13,15,20-21H,1,7-8,10-12H2/t15-/m1/s1. The smallest absolute Gasteiger partial charge is 0.0945 e. The molecule has 2 aromatic rings. The molecule has 6 heteroatoms. The minimum absolute atomic E-state index is 0.214. The van der Waals surface area contributed by atoms with E-state index < -0.39 is 6.10 Å². The topological polar surface area (TPSA) is 74.4 Å². The summed E-state index contributed by atoms with van der Waals surface area (Å²) < 4.78 is 2.03. The molecule has 0 aromatic carbocycles. The summed E-state index contributed by atoms with van der Waals surface area (Å²) in [5.41, 5.74) is 1.15. The zero-order valence-corrected chi connectivity index (χ0v) is 12.0. The lowest BCUT2D eigenvalue weighted by Gasteiger charge is -2.24. The first-order chi connectivity index (χ1) is 10.3. The SMILES string of the molecule is OC[C@H](O)CN(CCCn1ccnc1)Cc1ccncc1. The highest BCUT2D eigenvalue weighted by atomic mass is 16.3. The van der Waals surface area contributed by atoms with Crippen LogP contribution in [0.4, 0.5) is 0 Å². The van der Waals surface area contributed by atoms with E-state index in [4.69, 9.17) is 5.11 Å². The van der Waals surface area contributed by atoms with Gasteiger partial charge in [-0.15, -0.1) is 0 Å². The summed E-state index contributed by atoms with van der Waals surface area (Å²) >= 11 is 0. The Hall–Kier alpha value is -1.76. The minimum atomic E-state index is -0.708. The van der Waals surface area contributed by atoms with Crippen molar-refractivity contribution in [1.29, 1.82) is 0 Å². The molecule has 0 spiro atoms. The monoisotopic (exact) mass is 290 g/mol. The molecule has 0 unspecified atom stereocenters. The fraction of sp³-hybridized carbons (Fsp3) is 0.467. The van der Waals surface area contributed by atoms with Gasteiger partial charge in [0.05, 0.1) is 19.0 Å². The van der Waals surface area contributed by atoms with Crippen LogP contribution in [0.1, 0.15) is 12.0 Å². The Morgan fingerprint density at radius 3 is 2.67 bits per heavy atom. The van der Waals surface area contributed by atoms with Crippen molar-refractivity contribution in [2.45, 2.75) is 25.6 Å². The predicted octanol–water partition coefficient (Wildman–Crippen LogP) is 0.524. The van der Waals surface area contributed by atoms with Crippen LogP contribution >= 0.6 is 0 Å². The lowest BCUT2D eigenvalue weighted by Crippen LogP contribution is -2.35. The van der Waals surface area contributed by atoms with Crippen molar-refractivity contribution in [2.75, 3.05) is 19.7 Å². The van der Waals surface area contributed by atoms with Gasteiger partial charge in [-0.1, -0.05) is 0 Å². The first-order valence-electron chi connectivity index (χ1n) is 7.14. The maximum absolute atomic E-state index is 9.67. The fourth-order valence-electron chi connectivity index (χ4n) is 2.23. The zero-order valence-electron chi connectivity index (χ0n) is 12.0. The molecule has 0 amide bonds. The lowest BCUT2D eigenvalue weighted by molar-refractivity contribution is 0.0559. The molecule has 1 atom stereocenters. The molecule has 0 aliphatic rings. The van der Waals surface area contributed by atoms with E-state index in [1.54, 1.807) is 24.9 Å². The molecular weight excluding hydrogens is 268 g/mol. The molecule has 2 aromatic heterocycles. The van der Waals surface area contributed by atoms with Gasteiger partial charge >= 0.3 is 0 Å². The van der Waals surface area contributed by atoms with E-state index in [-0.39, 0.29) is 6.61 Å². The van der Waals surface area contributed by atoms with E-state index in [9.17, 15) is 5.11 Å². The predicted molar refractivity (Wildman–Crippen MR) is 79.5 cm³/mol. The van der Waals surface area contributed by atoms with Gasteiger partial charge in [-0.05, 0) is 24.1 Å². The molecule has 2 rings (SSSR count). The highest BCUT2D eigenvalue weighted by molar-refractivity contribution is 5.09. The average Bonchev–Trinajstić information content (AvgIpc) is 3.01. The summed E-state index contributed by atoms with van der Waals surface area (Å²) in [5.74, 6) is 0. The van der Waals surface area contributed by atoms with Crippen LogP contribution in [0.15, 0.2) is 43.2 Å². The van der Waals surface area contributed by atoms with Crippen molar-refractivity contribution in [3.8, 4) is 0 Å². The Morgan fingerprint density at radius 1 is 1.19 bits per heavy atom. The molecule has 0 saturated carbocycles. The van der Waals surface area contributed by atoms with Crippen LogP contribution in [-0.2, 0) is 13.1 Å². The summed E-state index contributed by atoms with van der Waals surface area (Å²) in [6.45, 7) is 2.72. The zero-order chi connectivity index (χ0) is 14.9. The van der Waals surface area contributed by atoms with Crippen LogP contribution in [0.3, 0.4) is 0 Å². The Bertz CT molecular complexity index is 490. The fourth-order valence-corrected chi connectivity index (χ4v) is 2.23. The van der Waals surface area contributed by atoms with Gasteiger partial charge in [-0.25, -0.2) is 4.98 Å². The van der Waals surface area contributed by atoms with Crippen LogP contribution in [-0.4, -0.2) is 55.4 Å². The number of aryl methyl sites for hydroxylation is 1. The number of rotatable bonds is 9. The van der Waals surface area contributed by atoms with Crippen molar-refractivity contribution in [3.63, 3.8) is 0 Å². The van der Waals surface area contributed by atoms with Gasteiger partial charge in [0.15, 0.2) is 0 Å². The summed E-state index contributed by atoms with van der Waals surface area (Å²) in [4.78, 5) is 10.2. The number of imidazole rings is 1. The van der Waals surface area contributed by atoms with E-state index in [1.165, 1.54) is 0 Å². The third kappa shape index (κ3) is 5.63. The molecule has 114 valence electrons. The van der Waals surface area contributed by atoms with Gasteiger partial charge in [-0.2, -0.15) is 0 Å². The van der Waals surface area contributed by atoms with E-state index in [1.807, 2.05) is 22.9 Å². The molecule has 0 radical (unpaired) electrons. The number of hydrogen-bond acceptors (Lipinski definition) is 5. The Morgan fingerprint density at radius 2 is 2.00 bits per heavy atom. The van der Waals surface area contributed by atoms with Crippen LogP contribution in [0.5, 0.6) is 0 Å². The Balaban J connectivity index is 1.85. The first-order valence-corrected chi connectivity index (χ1v) is 7.14. The Labute approximate surface area is 124 Å². The van der Waals surface area contributed by atoms with Gasteiger partial charge in [-0.3, -0.25) is 9.88 Å². The molecule has 21 heavy (non-hydrogen) atoms. The van der Waals surface area contributed by atoms with Gasteiger partial charge in [0.25, 0.3) is 0 Å². The number of aliphatic hydroxyl groups excluding tert-OH is 2. The third-order valence-electron chi connectivity index (χ3n) is 3.29. The largest absolute Gasteiger partial charge is 0.394 e. The maximum Gasteiger partial charge on any atom is 0.0945 e. The Kier molecular flexibility index (Phi) is 6.33. The van der Waals surface area contributed by atoms with Crippen LogP contribution in [0, 0.1) is 0 Å². The molecule has 0 fully saturated rings. The van der Waals surface area contributed by atoms with Gasteiger partial charge in [0.1, 0.15) is 0 Å². The number of aliphatic hydroxyl groups is 2. The second-order valence-electron chi connectivity index (χ2n) is 5.08. The van der Waals surface area contributed by atoms with Crippen molar-refractivity contribution < 1.29 is 10.2 Å². The molecule has 0 bridgehead atoms. The summed E-state index contributed by atoms with van der Waals surface area (Å²) in [6, 6.07) is 3.93.